The van der Waals surface area contributed by atoms with Crippen molar-refractivity contribution in [3.8, 4) is 0 Å². The molecule has 1 aromatic carbocycles. The minimum Gasteiger partial charge on any atom is -0.368 e. The number of nitrogens with one attached hydrogen (secondary N) is 2. The van der Waals surface area contributed by atoms with E-state index in [2.05, 4.69) is 41.0 Å². The Kier molecular flexibility index (Phi) is 6.96. The molecule has 2 aromatic heterocycles. The average Bonchev–Trinajstić information content (AvgIpc) is 2.80. The van der Waals surface area contributed by atoms with E-state index >= 15 is 0 Å². The molecule has 3 aromatic rings. The van der Waals surface area contributed by atoms with Crippen molar-refractivity contribution in [1.82, 2.24) is 24.8 Å². The van der Waals surface area contributed by atoms with Gasteiger partial charge in [0, 0.05) is 56.2 Å². The van der Waals surface area contributed by atoms with Gasteiger partial charge in [0.25, 0.3) is 5.91 Å². The van der Waals surface area contributed by atoms with E-state index in [1.807, 2.05) is 32.0 Å². The molecule has 174 valence electrons. The highest BCUT2D eigenvalue weighted by Crippen LogP contribution is 2.26. The number of aromatic nitrogens is 3. The molecule has 0 saturated carbocycles. The third-order valence-corrected chi connectivity index (χ3v) is 7.27. The van der Waals surface area contributed by atoms with E-state index in [0.717, 1.165) is 65.0 Å². The number of carbonyl (C=O) groups is 1. The van der Waals surface area contributed by atoms with Crippen molar-refractivity contribution in [2.75, 3.05) is 38.1 Å². The number of amides is 1. The number of H-pyrrole nitrogens is 1. The van der Waals surface area contributed by atoms with Gasteiger partial charge in [-0.15, -0.1) is 0 Å². The van der Waals surface area contributed by atoms with Gasteiger partial charge in [0.05, 0.1) is 16.9 Å². The van der Waals surface area contributed by atoms with Gasteiger partial charge in [-0.2, -0.15) is 0 Å². The second-order valence-corrected chi connectivity index (χ2v) is 9.35. The molecular formula is C23H27BrN6O2S. The standard InChI is InChI=1S/C23H27BrN6O2S/c1-4-30-22(33)16-12-17(24)15(11-19(16)27-23(30)32)13-28-7-9-29(10-8-28)20-6-5-18(21(31)25-3)26-14(20)2/h5-6,11-12H,4,7-10,13H2,1-3H3,(H,25,31)(H,27,32). The first-order chi connectivity index (χ1) is 15.8. The van der Waals surface area contributed by atoms with Gasteiger partial charge in [0.15, 0.2) is 0 Å². The Morgan fingerprint density at radius 2 is 1.97 bits per heavy atom. The highest BCUT2D eigenvalue weighted by Gasteiger charge is 2.21. The maximum atomic E-state index is 12.3. The Balaban J connectivity index is 1.48. The van der Waals surface area contributed by atoms with E-state index in [4.69, 9.17) is 12.2 Å². The van der Waals surface area contributed by atoms with Crippen molar-refractivity contribution in [2.24, 2.45) is 0 Å². The smallest absolute Gasteiger partial charge is 0.326 e. The fourth-order valence-corrected chi connectivity index (χ4v) is 5.11. The number of pyridine rings is 1. The highest BCUT2D eigenvalue weighted by molar-refractivity contribution is 9.10. The first-order valence-corrected chi connectivity index (χ1v) is 12.1. The van der Waals surface area contributed by atoms with Crippen molar-refractivity contribution in [2.45, 2.75) is 26.9 Å². The van der Waals surface area contributed by atoms with E-state index in [-0.39, 0.29) is 11.6 Å². The fraction of sp³-hybridized carbons (Fsp3) is 0.391. The van der Waals surface area contributed by atoms with Gasteiger partial charge in [-0.05, 0) is 43.7 Å². The minimum atomic E-state index is -0.177. The summed E-state index contributed by atoms with van der Waals surface area (Å²) >= 11 is 9.22. The van der Waals surface area contributed by atoms with E-state index in [1.54, 1.807) is 17.7 Å². The number of nitrogens with zero attached hydrogens (tertiary/aromatic N) is 4. The molecule has 10 heteroatoms. The van der Waals surface area contributed by atoms with E-state index < -0.39 is 0 Å². The third kappa shape index (κ3) is 4.73. The summed E-state index contributed by atoms with van der Waals surface area (Å²) in [5.41, 5.74) is 4.06. The van der Waals surface area contributed by atoms with Gasteiger partial charge in [-0.1, -0.05) is 28.1 Å². The fourth-order valence-electron chi connectivity index (χ4n) is 4.26. The number of hydrogen-bond donors (Lipinski definition) is 2. The summed E-state index contributed by atoms with van der Waals surface area (Å²) < 4.78 is 3.12. The van der Waals surface area contributed by atoms with Crippen LogP contribution in [0.15, 0.2) is 33.5 Å². The number of piperazine rings is 1. The summed E-state index contributed by atoms with van der Waals surface area (Å²) in [6.45, 7) is 8.70. The van der Waals surface area contributed by atoms with Crippen molar-refractivity contribution < 1.29 is 4.79 Å². The molecule has 1 saturated heterocycles. The van der Waals surface area contributed by atoms with Gasteiger partial charge in [-0.25, -0.2) is 9.78 Å². The van der Waals surface area contributed by atoms with Gasteiger partial charge in [0.2, 0.25) is 0 Å². The quantitative estimate of drug-likeness (QED) is 0.492. The normalized spacial score (nSPS) is 14.6. The summed E-state index contributed by atoms with van der Waals surface area (Å²) in [6.07, 6.45) is 0. The maximum Gasteiger partial charge on any atom is 0.326 e. The number of anilines is 1. The van der Waals surface area contributed by atoms with E-state index in [1.165, 1.54) is 0 Å². The summed E-state index contributed by atoms with van der Waals surface area (Å²) in [5.74, 6) is -0.176. The van der Waals surface area contributed by atoms with Crippen LogP contribution in [0.2, 0.25) is 0 Å². The van der Waals surface area contributed by atoms with Crippen molar-refractivity contribution in [1.29, 1.82) is 0 Å². The lowest BCUT2D eigenvalue weighted by molar-refractivity contribution is 0.0958. The zero-order valence-electron chi connectivity index (χ0n) is 18.9. The van der Waals surface area contributed by atoms with Crippen LogP contribution in [0.1, 0.15) is 28.7 Å². The monoisotopic (exact) mass is 530 g/mol. The minimum absolute atomic E-state index is 0.176. The van der Waals surface area contributed by atoms with Crippen LogP contribution in [0.3, 0.4) is 0 Å². The summed E-state index contributed by atoms with van der Waals surface area (Å²) in [4.78, 5) is 36.3. The second-order valence-electron chi connectivity index (χ2n) is 8.11. The molecule has 2 N–H and O–H groups in total. The Bertz CT molecular complexity index is 1330. The molecule has 3 heterocycles. The molecule has 1 aliphatic rings. The average molecular weight is 531 g/mol. The molecule has 1 fully saturated rings. The lowest BCUT2D eigenvalue weighted by atomic mass is 10.1. The lowest BCUT2D eigenvalue weighted by Gasteiger charge is -2.36. The first-order valence-electron chi connectivity index (χ1n) is 10.9. The number of fused-ring (bicyclic) bond motifs is 1. The third-order valence-electron chi connectivity index (χ3n) is 6.09. The van der Waals surface area contributed by atoms with Crippen LogP contribution in [0, 0.1) is 11.6 Å². The topological polar surface area (TPSA) is 86.3 Å². The van der Waals surface area contributed by atoms with Crippen LogP contribution in [0.25, 0.3) is 10.9 Å². The number of hydrogen-bond acceptors (Lipinski definition) is 6. The zero-order valence-corrected chi connectivity index (χ0v) is 21.3. The number of aryl methyl sites for hydroxylation is 1. The maximum absolute atomic E-state index is 12.3. The molecule has 8 nitrogen and oxygen atoms in total. The second kappa shape index (κ2) is 9.74. The molecule has 0 spiro atoms. The number of rotatable bonds is 5. The predicted molar refractivity (Wildman–Crippen MR) is 137 cm³/mol. The lowest BCUT2D eigenvalue weighted by Crippen LogP contribution is -2.46. The van der Waals surface area contributed by atoms with Crippen LogP contribution < -0.4 is 15.9 Å². The Hall–Kier alpha value is -2.56. The van der Waals surface area contributed by atoms with Crippen LogP contribution in [0.4, 0.5) is 5.69 Å². The number of carbonyl (C=O) groups excluding carboxylic acids is 1. The van der Waals surface area contributed by atoms with Crippen molar-refractivity contribution in [3.63, 3.8) is 0 Å². The van der Waals surface area contributed by atoms with Gasteiger partial charge in [-0.3, -0.25) is 14.3 Å². The van der Waals surface area contributed by atoms with Gasteiger partial charge < -0.3 is 15.2 Å². The summed E-state index contributed by atoms with van der Waals surface area (Å²) in [5, 5.41) is 3.48. The van der Waals surface area contributed by atoms with Gasteiger partial charge in [0.1, 0.15) is 10.3 Å². The predicted octanol–water partition coefficient (Wildman–Crippen LogP) is 3.23. The van der Waals surface area contributed by atoms with Gasteiger partial charge >= 0.3 is 5.69 Å². The van der Waals surface area contributed by atoms with E-state index in [0.29, 0.717) is 16.9 Å². The molecule has 0 bridgehead atoms. The van der Waals surface area contributed by atoms with Crippen LogP contribution >= 0.6 is 28.1 Å². The summed E-state index contributed by atoms with van der Waals surface area (Å²) in [7, 11) is 1.61. The molecule has 0 unspecified atom stereocenters. The molecule has 0 atom stereocenters. The largest absolute Gasteiger partial charge is 0.368 e. The zero-order chi connectivity index (χ0) is 23.7. The van der Waals surface area contributed by atoms with Crippen LogP contribution in [-0.4, -0.2) is 58.6 Å². The Morgan fingerprint density at radius 1 is 1.24 bits per heavy atom. The molecule has 1 amide bonds. The molecular weight excluding hydrogens is 504 g/mol. The molecule has 0 radical (unpaired) electrons. The Morgan fingerprint density at radius 3 is 2.61 bits per heavy atom. The van der Waals surface area contributed by atoms with Crippen molar-refractivity contribution in [3.05, 3.63) is 60.8 Å². The Labute approximate surface area is 205 Å². The molecule has 33 heavy (non-hydrogen) atoms. The first kappa shape index (κ1) is 23.6. The van der Waals surface area contributed by atoms with Crippen LogP contribution in [0.5, 0.6) is 0 Å². The van der Waals surface area contributed by atoms with E-state index in [9.17, 15) is 9.59 Å². The molecule has 0 aliphatic carbocycles. The van der Waals surface area contributed by atoms with Crippen LogP contribution in [-0.2, 0) is 13.1 Å². The molecule has 1 aliphatic heterocycles. The number of aromatic amines is 1. The number of benzene rings is 1. The SMILES string of the molecule is CCn1c(=O)[nH]c2cc(CN3CCN(c4ccc(C(=O)NC)nc4C)CC3)c(Br)cc2c1=S. The molecule has 4 rings (SSSR count). The number of halogens is 1. The highest BCUT2D eigenvalue weighted by atomic mass is 79.9. The summed E-state index contributed by atoms with van der Waals surface area (Å²) in [6, 6.07) is 7.78. The van der Waals surface area contributed by atoms with Crippen molar-refractivity contribution >= 4 is 50.6 Å².